The average Bonchev–Trinajstić information content (AvgIpc) is 3.02. The van der Waals surface area contributed by atoms with Crippen molar-refractivity contribution in [3.05, 3.63) is 96.1 Å². The zero-order chi connectivity index (χ0) is 17.1. The number of unbranched alkanes of at least 4 members (excludes halogenated alkanes) is 1. The zero-order valence-corrected chi connectivity index (χ0v) is 17.6. The van der Waals surface area contributed by atoms with Gasteiger partial charge in [-0.1, -0.05) is 0 Å². The van der Waals surface area contributed by atoms with Gasteiger partial charge in [0.25, 0.3) is 0 Å². The van der Waals surface area contributed by atoms with Crippen LogP contribution in [0.2, 0.25) is 0 Å². The SMILES string of the molecule is CCCCC1=[C](c2ccccc2)[Sn]([c]2ccccc2)[c]2ccccc21. The van der Waals surface area contributed by atoms with Crippen molar-refractivity contribution in [2.45, 2.75) is 26.2 Å². The van der Waals surface area contributed by atoms with E-state index in [2.05, 4.69) is 91.9 Å². The first-order chi connectivity index (χ1) is 12.4. The van der Waals surface area contributed by atoms with Crippen molar-refractivity contribution in [3.63, 3.8) is 0 Å². The van der Waals surface area contributed by atoms with Crippen LogP contribution in [0.15, 0.2) is 84.9 Å². The van der Waals surface area contributed by atoms with Crippen LogP contribution in [0.3, 0.4) is 0 Å². The molecule has 0 unspecified atom stereocenters. The van der Waals surface area contributed by atoms with E-state index in [0.717, 1.165) is 0 Å². The van der Waals surface area contributed by atoms with Crippen molar-refractivity contribution in [2.24, 2.45) is 0 Å². The molecule has 4 rings (SSSR count). The van der Waals surface area contributed by atoms with E-state index in [9.17, 15) is 0 Å². The van der Waals surface area contributed by atoms with Gasteiger partial charge in [0.05, 0.1) is 0 Å². The number of fused-ring (bicyclic) bond motifs is 1. The molecule has 1 aliphatic rings. The number of rotatable bonds is 5. The molecule has 1 heteroatoms. The normalized spacial score (nSPS) is 14.0. The Hall–Kier alpha value is -1.80. The second-order valence-electron chi connectivity index (χ2n) is 6.61. The third kappa shape index (κ3) is 3.20. The van der Waals surface area contributed by atoms with Gasteiger partial charge in [0.1, 0.15) is 0 Å². The van der Waals surface area contributed by atoms with Crippen molar-refractivity contribution >= 4 is 36.1 Å². The van der Waals surface area contributed by atoms with Gasteiger partial charge in [-0.2, -0.15) is 0 Å². The second kappa shape index (κ2) is 7.61. The quantitative estimate of drug-likeness (QED) is 0.503. The van der Waals surface area contributed by atoms with E-state index in [1.165, 1.54) is 30.4 Å². The fraction of sp³-hybridized carbons (Fsp3) is 0.167. The van der Waals surface area contributed by atoms with Gasteiger partial charge in [-0.15, -0.1) is 0 Å². The summed E-state index contributed by atoms with van der Waals surface area (Å²) in [7, 11) is 0. The number of benzene rings is 3. The maximum absolute atomic E-state index is 2.40. The Kier molecular flexibility index (Phi) is 5.07. The zero-order valence-electron chi connectivity index (χ0n) is 14.7. The summed E-state index contributed by atoms with van der Waals surface area (Å²) in [6, 6.07) is 31.6. The summed E-state index contributed by atoms with van der Waals surface area (Å²) in [6.07, 6.45) is 3.72. The monoisotopic (exact) mass is 431 g/mol. The van der Waals surface area contributed by atoms with E-state index in [1.807, 2.05) is 0 Å². The Morgan fingerprint density at radius 2 is 1.36 bits per heavy atom. The fourth-order valence-electron chi connectivity index (χ4n) is 3.83. The van der Waals surface area contributed by atoms with E-state index in [0.29, 0.717) is 0 Å². The molecule has 3 aromatic rings. The standard InChI is InChI=1S/C18H18.C6H5.Sn/c1-2-3-12-18(17-13-8-5-9-14-17)15-16-10-6-4-7-11-16;1-2-4-6-5-3-1;/h4-11,13H,2-3,12H2,1H3;1-5H;. The minimum atomic E-state index is -2.12. The molecule has 0 aromatic heterocycles. The van der Waals surface area contributed by atoms with E-state index < -0.39 is 19.8 Å². The fourth-order valence-corrected chi connectivity index (χ4v) is 12.9. The van der Waals surface area contributed by atoms with Gasteiger partial charge >= 0.3 is 158 Å². The summed E-state index contributed by atoms with van der Waals surface area (Å²) >= 11 is -2.12. The Labute approximate surface area is 158 Å². The molecular weight excluding hydrogens is 407 g/mol. The first kappa shape index (κ1) is 16.7. The predicted molar refractivity (Wildman–Crippen MR) is 111 cm³/mol. The van der Waals surface area contributed by atoms with Crippen LogP contribution in [0.1, 0.15) is 37.3 Å². The van der Waals surface area contributed by atoms with Crippen LogP contribution in [0, 0.1) is 0 Å². The van der Waals surface area contributed by atoms with Gasteiger partial charge in [0.15, 0.2) is 0 Å². The summed E-state index contributed by atoms with van der Waals surface area (Å²) in [5.41, 5.74) is 4.61. The van der Waals surface area contributed by atoms with Gasteiger partial charge in [0, 0.05) is 0 Å². The number of allylic oxidation sites excluding steroid dienone is 1. The van der Waals surface area contributed by atoms with Crippen LogP contribution in [-0.4, -0.2) is 19.8 Å². The first-order valence-electron chi connectivity index (χ1n) is 9.21. The van der Waals surface area contributed by atoms with E-state index in [4.69, 9.17) is 0 Å². The van der Waals surface area contributed by atoms with Crippen molar-refractivity contribution in [2.75, 3.05) is 0 Å². The molecule has 0 atom stereocenters. The molecule has 25 heavy (non-hydrogen) atoms. The Morgan fingerprint density at radius 1 is 0.720 bits per heavy atom. The van der Waals surface area contributed by atoms with E-state index >= 15 is 0 Å². The topological polar surface area (TPSA) is 0 Å². The second-order valence-corrected chi connectivity index (χ2v) is 13.4. The van der Waals surface area contributed by atoms with Gasteiger partial charge < -0.3 is 0 Å². The summed E-state index contributed by atoms with van der Waals surface area (Å²) in [4.78, 5) is 0. The molecule has 0 saturated heterocycles. The Bertz CT molecular complexity index is 878. The molecule has 0 fully saturated rings. The molecular formula is C24H23Sn. The Balaban J connectivity index is 1.95. The molecule has 1 radical (unpaired) electrons. The van der Waals surface area contributed by atoms with E-state index in [1.54, 1.807) is 16.3 Å². The van der Waals surface area contributed by atoms with Crippen LogP contribution in [0.4, 0.5) is 0 Å². The van der Waals surface area contributed by atoms with Crippen molar-refractivity contribution < 1.29 is 0 Å². The van der Waals surface area contributed by atoms with Crippen molar-refractivity contribution in [1.82, 2.24) is 0 Å². The maximum atomic E-state index is 2.40. The summed E-state index contributed by atoms with van der Waals surface area (Å²) in [6.45, 7) is 2.29. The third-order valence-electron chi connectivity index (χ3n) is 4.98. The summed E-state index contributed by atoms with van der Waals surface area (Å²) in [5.74, 6) is 0. The third-order valence-corrected chi connectivity index (χ3v) is 13.5. The Morgan fingerprint density at radius 3 is 2.08 bits per heavy atom. The molecule has 0 saturated carbocycles. The molecule has 123 valence electrons. The number of hydrogen-bond acceptors (Lipinski definition) is 0. The molecule has 0 amide bonds. The first-order valence-corrected chi connectivity index (χ1v) is 13.5. The van der Waals surface area contributed by atoms with Crippen LogP contribution < -0.4 is 7.16 Å². The molecule has 0 bridgehead atoms. The van der Waals surface area contributed by atoms with Crippen LogP contribution in [0.5, 0.6) is 0 Å². The van der Waals surface area contributed by atoms with Gasteiger partial charge in [-0.25, -0.2) is 0 Å². The number of hydrogen-bond donors (Lipinski definition) is 0. The molecule has 3 aromatic carbocycles. The van der Waals surface area contributed by atoms with Crippen molar-refractivity contribution in [1.29, 1.82) is 0 Å². The van der Waals surface area contributed by atoms with Gasteiger partial charge in [-0.05, 0) is 0 Å². The summed E-state index contributed by atoms with van der Waals surface area (Å²) < 4.78 is 4.94. The van der Waals surface area contributed by atoms with E-state index in [-0.39, 0.29) is 0 Å². The van der Waals surface area contributed by atoms with Crippen LogP contribution >= 0.6 is 0 Å². The average molecular weight is 430 g/mol. The van der Waals surface area contributed by atoms with Crippen LogP contribution in [0.25, 0.3) is 9.16 Å². The molecule has 0 aliphatic carbocycles. The summed E-state index contributed by atoms with van der Waals surface area (Å²) in [5, 5.41) is 0. The minimum absolute atomic E-state index is 1.20. The molecule has 0 N–H and O–H groups in total. The van der Waals surface area contributed by atoms with Crippen molar-refractivity contribution in [3.8, 4) is 0 Å². The molecule has 1 aliphatic heterocycles. The molecule has 0 nitrogen and oxygen atoms in total. The predicted octanol–water partition coefficient (Wildman–Crippen LogP) is 4.95. The van der Waals surface area contributed by atoms with Gasteiger partial charge in [0.2, 0.25) is 0 Å². The van der Waals surface area contributed by atoms with Gasteiger partial charge in [-0.3, -0.25) is 0 Å². The van der Waals surface area contributed by atoms with Crippen LogP contribution in [-0.2, 0) is 0 Å². The molecule has 1 heterocycles. The molecule has 0 spiro atoms.